The molecule has 6 nitrogen and oxygen atoms in total. The van der Waals surface area contributed by atoms with Crippen LogP contribution in [0.25, 0.3) is 0 Å². The van der Waals surface area contributed by atoms with Crippen molar-refractivity contribution in [1.82, 2.24) is 4.90 Å². The van der Waals surface area contributed by atoms with E-state index < -0.39 is 19.3 Å². The summed E-state index contributed by atoms with van der Waals surface area (Å²) < 4.78 is 17.8. The number of piperidine rings is 1. The van der Waals surface area contributed by atoms with Gasteiger partial charge in [-0.05, 0) is 66.1 Å². The van der Waals surface area contributed by atoms with Crippen molar-refractivity contribution in [3.8, 4) is 0 Å². The molecular formula is C22H43NO5SSi. The van der Waals surface area contributed by atoms with Crippen LogP contribution in [0.1, 0.15) is 68.7 Å². The Labute approximate surface area is 188 Å². The summed E-state index contributed by atoms with van der Waals surface area (Å²) in [4.78, 5) is 26.5. The summed E-state index contributed by atoms with van der Waals surface area (Å²) in [6, 6.07) is 0. The van der Waals surface area contributed by atoms with Crippen LogP contribution in [0.2, 0.25) is 18.1 Å². The molecule has 1 heterocycles. The molecule has 2 unspecified atom stereocenters. The third kappa shape index (κ3) is 8.42. The van der Waals surface area contributed by atoms with Gasteiger partial charge in [0.15, 0.2) is 8.32 Å². The van der Waals surface area contributed by atoms with E-state index in [1.54, 1.807) is 16.7 Å². The van der Waals surface area contributed by atoms with E-state index in [0.717, 1.165) is 6.42 Å². The lowest BCUT2D eigenvalue weighted by atomic mass is 9.98. The Morgan fingerprint density at radius 1 is 1.03 bits per heavy atom. The first-order valence-electron chi connectivity index (χ1n) is 10.8. The summed E-state index contributed by atoms with van der Waals surface area (Å²) in [6.07, 6.45) is 0.357. The Hall–Kier alpha value is -0.733. The van der Waals surface area contributed by atoms with Gasteiger partial charge in [0.2, 0.25) is 0 Å². The van der Waals surface area contributed by atoms with E-state index in [1.165, 1.54) is 0 Å². The van der Waals surface area contributed by atoms with Crippen LogP contribution in [-0.4, -0.2) is 61.3 Å². The second kappa shape index (κ2) is 9.82. The van der Waals surface area contributed by atoms with Gasteiger partial charge in [0.05, 0.1) is 18.1 Å². The zero-order valence-corrected chi connectivity index (χ0v) is 22.7. The van der Waals surface area contributed by atoms with Crippen molar-refractivity contribution in [1.29, 1.82) is 0 Å². The molecule has 176 valence electrons. The number of carbonyl (C=O) groups is 2. The van der Waals surface area contributed by atoms with Crippen LogP contribution in [0.3, 0.4) is 0 Å². The quantitative estimate of drug-likeness (QED) is 0.299. The van der Waals surface area contributed by atoms with Crippen LogP contribution in [0, 0.1) is 5.41 Å². The van der Waals surface area contributed by atoms with Gasteiger partial charge < -0.3 is 18.8 Å². The number of nitrogens with zero attached hydrogens (tertiary/aromatic N) is 1. The van der Waals surface area contributed by atoms with E-state index in [0.29, 0.717) is 19.0 Å². The maximum absolute atomic E-state index is 12.6. The molecule has 1 aliphatic heterocycles. The summed E-state index contributed by atoms with van der Waals surface area (Å²) in [5.74, 6) is 0.0907. The van der Waals surface area contributed by atoms with Gasteiger partial charge in [0.1, 0.15) is 11.5 Å². The number of likely N-dealkylation sites (tertiary alicyclic amines) is 1. The molecule has 0 aromatic heterocycles. The summed E-state index contributed by atoms with van der Waals surface area (Å²) in [6.45, 7) is 23.4. The highest BCUT2D eigenvalue weighted by Gasteiger charge is 2.43. The molecule has 0 aliphatic carbocycles. The molecule has 1 aliphatic rings. The first-order chi connectivity index (χ1) is 13.3. The van der Waals surface area contributed by atoms with Crippen molar-refractivity contribution in [2.75, 3.05) is 19.0 Å². The fraction of sp³-hybridized carbons (Fsp3) is 0.909. The molecule has 1 amide bonds. The largest absolute Gasteiger partial charge is 0.454 e. The molecule has 0 bridgehead atoms. The van der Waals surface area contributed by atoms with Crippen molar-refractivity contribution in [3.05, 3.63) is 0 Å². The Morgan fingerprint density at radius 3 is 2.07 bits per heavy atom. The van der Waals surface area contributed by atoms with E-state index in [-0.39, 0.29) is 28.5 Å². The number of hydrogen-bond acceptors (Lipinski definition) is 6. The molecular weight excluding hydrogens is 418 g/mol. The lowest BCUT2D eigenvalue weighted by molar-refractivity contribution is -0.150. The van der Waals surface area contributed by atoms with E-state index in [4.69, 9.17) is 13.9 Å². The predicted octanol–water partition coefficient (Wildman–Crippen LogP) is 5.67. The van der Waals surface area contributed by atoms with Crippen LogP contribution in [0.5, 0.6) is 0 Å². The molecule has 0 aromatic carbocycles. The van der Waals surface area contributed by atoms with E-state index >= 15 is 0 Å². The zero-order chi connectivity index (χ0) is 23.5. The minimum atomic E-state index is -2.04. The second-order valence-electron chi connectivity index (χ2n) is 11.6. The first kappa shape index (κ1) is 27.3. The summed E-state index contributed by atoms with van der Waals surface area (Å²) in [5, 5.41) is 0.223. The molecule has 1 rings (SSSR count). The van der Waals surface area contributed by atoms with E-state index in [9.17, 15) is 9.59 Å². The minimum absolute atomic E-state index is 0.0646. The average Bonchev–Trinajstić information content (AvgIpc) is 2.52. The summed E-state index contributed by atoms with van der Waals surface area (Å²) in [5.41, 5.74) is -1.04. The number of ether oxygens (including phenoxy) is 2. The monoisotopic (exact) mass is 461 g/mol. The summed E-state index contributed by atoms with van der Waals surface area (Å²) >= 11 is 1.60. The van der Waals surface area contributed by atoms with Gasteiger partial charge in [-0.3, -0.25) is 4.79 Å². The van der Waals surface area contributed by atoms with Crippen molar-refractivity contribution < 1.29 is 23.5 Å². The average molecular weight is 462 g/mol. The molecule has 1 fully saturated rings. The molecule has 0 spiro atoms. The lowest BCUT2D eigenvalue weighted by Gasteiger charge is -2.45. The number of thioether (sulfide) groups is 1. The zero-order valence-electron chi connectivity index (χ0n) is 20.9. The highest BCUT2D eigenvalue weighted by atomic mass is 32.2. The number of hydrogen-bond donors (Lipinski definition) is 0. The normalized spacial score (nSPS) is 21.4. The topological polar surface area (TPSA) is 65.1 Å². The number of carbonyl (C=O) groups excluding carboxylic acids is 2. The van der Waals surface area contributed by atoms with Gasteiger partial charge in [-0.1, -0.05) is 20.8 Å². The van der Waals surface area contributed by atoms with Gasteiger partial charge in [0.25, 0.3) is 0 Å². The van der Waals surface area contributed by atoms with E-state index in [1.807, 2.05) is 41.5 Å². The van der Waals surface area contributed by atoms with Gasteiger partial charge in [0, 0.05) is 11.8 Å². The van der Waals surface area contributed by atoms with Gasteiger partial charge in [-0.15, -0.1) is 11.8 Å². The molecule has 0 aromatic rings. The molecule has 8 heteroatoms. The fourth-order valence-electron chi connectivity index (χ4n) is 2.64. The Bertz CT molecular complexity index is 604. The highest BCUT2D eigenvalue weighted by Crippen LogP contribution is 2.40. The van der Waals surface area contributed by atoms with Crippen molar-refractivity contribution in [2.24, 2.45) is 5.41 Å². The maximum atomic E-state index is 12.6. The van der Waals surface area contributed by atoms with Crippen LogP contribution < -0.4 is 0 Å². The Morgan fingerprint density at radius 2 is 1.60 bits per heavy atom. The third-order valence-electron chi connectivity index (χ3n) is 5.49. The standard InChI is InChI=1S/C22H43NO5SSi/c1-20(2,3)18(24)26-15-29-17-12-13-23(19(25)27-21(4,5)6)14-16(17)28-30(10,11)22(7,8)9/h16-17H,12-15H2,1-11H3. The van der Waals surface area contributed by atoms with Crippen molar-refractivity contribution in [3.63, 3.8) is 0 Å². The van der Waals surface area contributed by atoms with Gasteiger partial charge >= 0.3 is 12.1 Å². The smallest absolute Gasteiger partial charge is 0.410 e. The third-order valence-corrected chi connectivity index (χ3v) is 11.2. The summed E-state index contributed by atoms with van der Waals surface area (Å²) in [7, 11) is -2.04. The van der Waals surface area contributed by atoms with Gasteiger partial charge in [-0.25, -0.2) is 4.79 Å². The number of esters is 1. The van der Waals surface area contributed by atoms with Crippen LogP contribution in [-0.2, 0) is 18.7 Å². The Kier molecular flexibility index (Phi) is 8.93. The Balaban J connectivity index is 2.88. The molecule has 0 saturated carbocycles. The van der Waals surface area contributed by atoms with Crippen LogP contribution in [0.4, 0.5) is 4.79 Å². The first-order valence-corrected chi connectivity index (χ1v) is 14.7. The van der Waals surface area contributed by atoms with E-state index in [2.05, 4.69) is 33.9 Å². The number of rotatable bonds is 5. The molecule has 0 N–H and O–H groups in total. The van der Waals surface area contributed by atoms with Crippen molar-refractivity contribution in [2.45, 2.75) is 104 Å². The lowest BCUT2D eigenvalue weighted by Crippen LogP contribution is -2.55. The molecule has 1 saturated heterocycles. The van der Waals surface area contributed by atoms with Gasteiger partial charge in [-0.2, -0.15) is 0 Å². The molecule has 0 radical (unpaired) electrons. The maximum Gasteiger partial charge on any atom is 0.410 e. The van der Waals surface area contributed by atoms with Crippen molar-refractivity contribution >= 4 is 32.1 Å². The molecule has 2 atom stereocenters. The van der Waals surface area contributed by atoms with Crippen LogP contribution in [0.15, 0.2) is 0 Å². The second-order valence-corrected chi connectivity index (χ2v) is 17.6. The fourth-order valence-corrected chi connectivity index (χ4v) is 5.06. The molecule has 30 heavy (non-hydrogen) atoms. The van der Waals surface area contributed by atoms with Crippen LogP contribution >= 0.6 is 11.8 Å². The highest BCUT2D eigenvalue weighted by molar-refractivity contribution is 7.99. The number of amides is 1. The minimum Gasteiger partial charge on any atom is -0.454 e. The SMILES string of the molecule is CC(C)(C)OC(=O)N1CCC(SCOC(=O)C(C)(C)C)C(O[Si](C)(C)C(C)(C)C)C1. The predicted molar refractivity (Wildman–Crippen MR) is 126 cm³/mol.